The fourth-order valence-electron chi connectivity index (χ4n) is 1.13. The topological polar surface area (TPSA) is 43.4 Å². The van der Waals surface area contributed by atoms with E-state index in [0.29, 0.717) is 0 Å². The first-order chi connectivity index (χ1) is 8.02. The molecule has 0 saturated heterocycles. The summed E-state index contributed by atoms with van der Waals surface area (Å²) in [6.07, 6.45) is 1.11. The van der Waals surface area contributed by atoms with Gasteiger partial charge in [0.2, 0.25) is 0 Å². The lowest BCUT2D eigenvalue weighted by atomic mass is 10.0. The molecule has 0 aliphatic rings. The summed E-state index contributed by atoms with van der Waals surface area (Å²) < 4.78 is 17.6. The Labute approximate surface area is 98.9 Å². The van der Waals surface area contributed by atoms with Crippen LogP contribution in [0.15, 0.2) is 36.9 Å². The van der Waals surface area contributed by atoms with Crippen LogP contribution < -0.4 is 4.74 Å². The highest BCUT2D eigenvalue weighted by Crippen LogP contribution is 2.13. The molecule has 0 saturated carbocycles. The molecule has 3 nitrogen and oxygen atoms in total. The van der Waals surface area contributed by atoms with Gasteiger partial charge in [0.05, 0.1) is 0 Å². The highest BCUT2D eigenvalue weighted by molar-refractivity contribution is 5.98. The predicted molar refractivity (Wildman–Crippen MR) is 61.0 cm³/mol. The molecule has 1 aromatic rings. The zero-order valence-corrected chi connectivity index (χ0v) is 9.48. The van der Waals surface area contributed by atoms with E-state index in [-0.39, 0.29) is 18.0 Å². The molecule has 0 radical (unpaired) electrons. The minimum atomic E-state index is -0.700. The number of halogens is 1. The number of hydrogen-bond acceptors (Lipinski definition) is 3. The Bertz CT molecular complexity index is 440. The molecule has 17 heavy (non-hydrogen) atoms. The van der Waals surface area contributed by atoms with Gasteiger partial charge in [0.15, 0.2) is 5.78 Å². The van der Waals surface area contributed by atoms with Gasteiger partial charge >= 0.3 is 5.97 Å². The van der Waals surface area contributed by atoms with Crippen LogP contribution >= 0.6 is 0 Å². The molecule has 0 aliphatic carbocycles. The SMILES string of the molecule is C=CC(C)C(=O)CC(=O)Oc1cccc(F)c1. The summed E-state index contributed by atoms with van der Waals surface area (Å²) in [4.78, 5) is 22.8. The van der Waals surface area contributed by atoms with Crippen molar-refractivity contribution < 1.29 is 18.7 Å². The molecule has 1 rings (SSSR count). The van der Waals surface area contributed by atoms with Crippen molar-refractivity contribution in [3.63, 3.8) is 0 Å². The molecule has 1 unspecified atom stereocenters. The minimum absolute atomic E-state index is 0.0917. The maximum atomic E-state index is 12.8. The molecule has 0 heterocycles. The molecule has 0 N–H and O–H groups in total. The van der Waals surface area contributed by atoms with Gasteiger partial charge in [-0.1, -0.05) is 19.1 Å². The molecule has 0 fully saturated rings. The maximum absolute atomic E-state index is 12.8. The van der Waals surface area contributed by atoms with Crippen LogP contribution in [0.4, 0.5) is 4.39 Å². The van der Waals surface area contributed by atoms with Gasteiger partial charge in [-0.3, -0.25) is 9.59 Å². The highest BCUT2D eigenvalue weighted by atomic mass is 19.1. The van der Waals surface area contributed by atoms with E-state index < -0.39 is 17.7 Å². The standard InChI is InChI=1S/C13H13FO3/c1-3-9(2)12(15)8-13(16)17-11-6-4-5-10(14)7-11/h3-7,9H,1,8H2,2H3. The van der Waals surface area contributed by atoms with Crippen LogP contribution in [-0.4, -0.2) is 11.8 Å². The van der Waals surface area contributed by atoms with Crippen molar-refractivity contribution in [1.29, 1.82) is 0 Å². The number of ketones is 1. The van der Waals surface area contributed by atoms with Crippen molar-refractivity contribution in [2.75, 3.05) is 0 Å². The third-order valence-corrected chi connectivity index (χ3v) is 2.21. The Morgan fingerprint density at radius 3 is 2.82 bits per heavy atom. The number of esters is 1. The zero-order valence-electron chi connectivity index (χ0n) is 9.48. The van der Waals surface area contributed by atoms with Crippen LogP contribution in [0, 0.1) is 11.7 Å². The number of ether oxygens (including phenoxy) is 1. The molecule has 1 atom stereocenters. The summed E-state index contributed by atoms with van der Waals surface area (Å²) in [5.41, 5.74) is 0. The number of carbonyl (C=O) groups excluding carboxylic acids is 2. The van der Waals surface area contributed by atoms with E-state index in [9.17, 15) is 14.0 Å². The van der Waals surface area contributed by atoms with E-state index in [0.717, 1.165) is 6.07 Å². The molecule has 0 amide bonds. The van der Waals surface area contributed by atoms with Gasteiger partial charge in [-0.2, -0.15) is 0 Å². The maximum Gasteiger partial charge on any atom is 0.318 e. The fourth-order valence-corrected chi connectivity index (χ4v) is 1.13. The zero-order chi connectivity index (χ0) is 12.8. The van der Waals surface area contributed by atoms with Crippen molar-refractivity contribution in [2.45, 2.75) is 13.3 Å². The van der Waals surface area contributed by atoms with Gasteiger partial charge in [-0.25, -0.2) is 4.39 Å². The molecular formula is C13H13FO3. The Morgan fingerprint density at radius 1 is 1.53 bits per heavy atom. The van der Waals surface area contributed by atoms with Crippen LogP contribution in [0.25, 0.3) is 0 Å². The monoisotopic (exact) mass is 236 g/mol. The molecule has 0 bridgehead atoms. The van der Waals surface area contributed by atoms with Gasteiger partial charge in [0.1, 0.15) is 18.0 Å². The summed E-state index contributed by atoms with van der Waals surface area (Å²) in [5, 5.41) is 0. The largest absolute Gasteiger partial charge is 0.426 e. The van der Waals surface area contributed by atoms with E-state index in [1.54, 1.807) is 6.92 Å². The quantitative estimate of drug-likeness (QED) is 0.341. The van der Waals surface area contributed by atoms with Crippen LogP contribution in [0.5, 0.6) is 5.75 Å². The summed E-state index contributed by atoms with van der Waals surface area (Å²) in [7, 11) is 0. The Balaban J connectivity index is 2.56. The average Bonchev–Trinajstić information content (AvgIpc) is 2.27. The van der Waals surface area contributed by atoms with Crippen LogP contribution in [0.1, 0.15) is 13.3 Å². The summed E-state index contributed by atoms with van der Waals surface area (Å²) in [5.74, 6) is -1.78. The summed E-state index contributed by atoms with van der Waals surface area (Å²) in [6.45, 7) is 5.11. The van der Waals surface area contributed by atoms with Crippen LogP contribution in [-0.2, 0) is 9.59 Å². The number of allylic oxidation sites excluding steroid dienone is 1. The Morgan fingerprint density at radius 2 is 2.24 bits per heavy atom. The van der Waals surface area contributed by atoms with Crippen LogP contribution in [0.2, 0.25) is 0 Å². The van der Waals surface area contributed by atoms with Crippen molar-refractivity contribution in [2.24, 2.45) is 5.92 Å². The lowest BCUT2D eigenvalue weighted by molar-refractivity contribution is -0.138. The van der Waals surface area contributed by atoms with Crippen molar-refractivity contribution in [3.05, 3.63) is 42.7 Å². The van der Waals surface area contributed by atoms with Crippen molar-refractivity contribution in [1.82, 2.24) is 0 Å². The smallest absolute Gasteiger partial charge is 0.318 e. The second-order valence-corrected chi connectivity index (χ2v) is 3.60. The minimum Gasteiger partial charge on any atom is -0.426 e. The van der Waals surface area contributed by atoms with E-state index in [4.69, 9.17) is 4.74 Å². The molecule has 0 spiro atoms. The van der Waals surface area contributed by atoms with E-state index in [1.807, 2.05) is 0 Å². The molecular weight excluding hydrogens is 223 g/mol. The van der Waals surface area contributed by atoms with Crippen molar-refractivity contribution in [3.8, 4) is 5.75 Å². The molecule has 0 aromatic heterocycles. The van der Waals surface area contributed by atoms with Gasteiger partial charge < -0.3 is 4.74 Å². The average molecular weight is 236 g/mol. The van der Waals surface area contributed by atoms with Gasteiger partial charge in [0, 0.05) is 12.0 Å². The Hall–Kier alpha value is -1.97. The van der Waals surface area contributed by atoms with Gasteiger partial charge in [0.25, 0.3) is 0 Å². The second kappa shape index (κ2) is 5.94. The second-order valence-electron chi connectivity index (χ2n) is 3.60. The Kier molecular flexibility index (Phi) is 4.57. The van der Waals surface area contributed by atoms with Crippen LogP contribution in [0.3, 0.4) is 0 Å². The van der Waals surface area contributed by atoms with Gasteiger partial charge in [-0.15, -0.1) is 6.58 Å². The number of rotatable bonds is 5. The van der Waals surface area contributed by atoms with E-state index in [1.165, 1.54) is 24.3 Å². The lowest BCUT2D eigenvalue weighted by Crippen LogP contribution is -2.18. The molecule has 1 aromatic carbocycles. The highest BCUT2D eigenvalue weighted by Gasteiger charge is 2.15. The third kappa shape index (κ3) is 4.18. The first kappa shape index (κ1) is 13.1. The van der Waals surface area contributed by atoms with Gasteiger partial charge in [-0.05, 0) is 12.1 Å². The van der Waals surface area contributed by atoms with Crippen molar-refractivity contribution >= 4 is 11.8 Å². The summed E-state index contributed by atoms with van der Waals surface area (Å²) in [6, 6.07) is 5.19. The number of hydrogen-bond donors (Lipinski definition) is 0. The lowest BCUT2D eigenvalue weighted by Gasteiger charge is -2.05. The normalized spacial score (nSPS) is 11.6. The van der Waals surface area contributed by atoms with E-state index in [2.05, 4.69) is 6.58 Å². The third-order valence-electron chi connectivity index (χ3n) is 2.21. The predicted octanol–water partition coefficient (Wildman–Crippen LogP) is 2.51. The number of carbonyl (C=O) groups is 2. The first-order valence-corrected chi connectivity index (χ1v) is 5.14. The fraction of sp³-hybridized carbons (Fsp3) is 0.231. The molecule has 90 valence electrons. The first-order valence-electron chi connectivity index (χ1n) is 5.14. The number of Topliss-reactive ketones (excluding diaryl/α,β-unsaturated/α-hetero) is 1. The number of benzene rings is 1. The summed E-state index contributed by atoms with van der Waals surface area (Å²) >= 11 is 0. The molecule has 0 aliphatic heterocycles. The van der Waals surface area contributed by atoms with E-state index >= 15 is 0 Å². The molecule has 4 heteroatoms.